The lowest BCUT2D eigenvalue weighted by Crippen LogP contribution is -2.58. The minimum atomic E-state index is -4.72. The summed E-state index contributed by atoms with van der Waals surface area (Å²) < 4.78 is 47.4. The number of halogens is 4. The van der Waals surface area contributed by atoms with Crippen molar-refractivity contribution in [2.45, 2.75) is 44.1 Å². The highest BCUT2D eigenvalue weighted by Crippen LogP contribution is 2.41. The molecule has 3 atom stereocenters. The van der Waals surface area contributed by atoms with Gasteiger partial charge in [0.2, 0.25) is 11.8 Å². The number of nitrogens with zero attached hydrogens (tertiary/aromatic N) is 6. The molecule has 0 bridgehead atoms. The van der Waals surface area contributed by atoms with Crippen LogP contribution in [0.4, 0.5) is 29.3 Å². The Morgan fingerprint density at radius 1 is 1.06 bits per heavy atom. The van der Waals surface area contributed by atoms with Crippen molar-refractivity contribution in [2.75, 3.05) is 50.1 Å². The summed E-state index contributed by atoms with van der Waals surface area (Å²) in [7, 11) is 3.16. The molecule has 3 fully saturated rings. The van der Waals surface area contributed by atoms with Crippen molar-refractivity contribution in [3.05, 3.63) is 64.9 Å². The van der Waals surface area contributed by atoms with Gasteiger partial charge >= 0.3 is 12.2 Å². The van der Waals surface area contributed by atoms with E-state index in [0.717, 1.165) is 11.0 Å². The fourth-order valence-corrected chi connectivity index (χ4v) is 6.74. The number of likely N-dealkylation sites (tertiary alicyclic amines) is 1. The van der Waals surface area contributed by atoms with E-state index >= 15 is 0 Å². The summed E-state index contributed by atoms with van der Waals surface area (Å²) in [6.07, 6.45) is -2.40. The topological polar surface area (TPSA) is 111 Å². The Hall–Kier alpha value is -4.59. The first-order valence-corrected chi connectivity index (χ1v) is 15.5. The van der Waals surface area contributed by atoms with Crippen molar-refractivity contribution in [3.63, 3.8) is 0 Å². The fraction of sp³-hybridized carbons (Fsp3) is 0.406. The van der Waals surface area contributed by atoms with Gasteiger partial charge in [-0.05, 0) is 48.9 Å². The first-order chi connectivity index (χ1) is 22.4. The number of urea groups is 1. The van der Waals surface area contributed by atoms with E-state index in [1.54, 1.807) is 47.3 Å². The third-order valence-corrected chi connectivity index (χ3v) is 9.14. The second-order valence-electron chi connectivity index (χ2n) is 11.8. The van der Waals surface area contributed by atoms with Gasteiger partial charge in [0, 0.05) is 56.9 Å². The standard InChI is InChI=1S/C32H33ClF3N7O4/c1-4-20-15-42-21(17-43(31(42)46)25-9-7-18(33)12-23(25)32(34,35)36)16-41(20)26-10-8-24(22-6-5-11-37-30(22)47-3)39-28(26)29(45)38-19-13-27(44)40(2)14-19/h5-12,19-21H,4,13-17H2,1-3H3,(H,38,45)/t19-,20-,21+/m1/s1. The number of hydrogen-bond donors (Lipinski definition) is 1. The number of rotatable bonds is 7. The molecule has 0 spiro atoms. The van der Waals surface area contributed by atoms with Crippen molar-refractivity contribution in [1.29, 1.82) is 0 Å². The Kier molecular flexibility index (Phi) is 8.64. The number of nitrogens with one attached hydrogen (secondary N) is 1. The van der Waals surface area contributed by atoms with E-state index in [1.165, 1.54) is 19.2 Å². The molecule has 1 N–H and O–H groups in total. The fourth-order valence-electron chi connectivity index (χ4n) is 6.56. The largest absolute Gasteiger partial charge is 0.481 e. The zero-order valence-electron chi connectivity index (χ0n) is 25.9. The Morgan fingerprint density at radius 3 is 2.51 bits per heavy atom. The predicted molar refractivity (Wildman–Crippen MR) is 169 cm³/mol. The quantitative estimate of drug-likeness (QED) is 0.388. The number of anilines is 2. The summed E-state index contributed by atoms with van der Waals surface area (Å²) in [5.41, 5.74) is 0.395. The molecule has 47 heavy (non-hydrogen) atoms. The normalized spacial score (nSPS) is 21.4. The Morgan fingerprint density at radius 2 is 1.83 bits per heavy atom. The van der Waals surface area contributed by atoms with Crippen LogP contribution in [0, 0.1) is 0 Å². The third-order valence-electron chi connectivity index (χ3n) is 8.91. The van der Waals surface area contributed by atoms with Crippen LogP contribution in [0.15, 0.2) is 48.7 Å². The highest BCUT2D eigenvalue weighted by Gasteiger charge is 2.47. The number of pyridine rings is 2. The van der Waals surface area contributed by atoms with Gasteiger partial charge in [0.25, 0.3) is 5.91 Å². The highest BCUT2D eigenvalue weighted by molar-refractivity contribution is 6.30. The first kappa shape index (κ1) is 32.4. The number of hydrogen-bond acceptors (Lipinski definition) is 7. The zero-order valence-corrected chi connectivity index (χ0v) is 26.7. The predicted octanol–water partition coefficient (Wildman–Crippen LogP) is 4.69. The van der Waals surface area contributed by atoms with Crippen LogP contribution >= 0.6 is 11.6 Å². The van der Waals surface area contributed by atoms with Crippen molar-refractivity contribution in [3.8, 4) is 17.1 Å². The number of piperazine rings is 1. The second-order valence-corrected chi connectivity index (χ2v) is 12.3. The van der Waals surface area contributed by atoms with Crippen LogP contribution in [-0.4, -0.2) is 96.1 Å². The molecular formula is C32H33ClF3N7O4. The maximum absolute atomic E-state index is 14.0. The van der Waals surface area contributed by atoms with Crippen LogP contribution in [0.3, 0.4) is 0 Å². The number of alkyl halides is 3. The smallest absolute Gasteiger partial charge is 0.418 e. The number of aromatic nitrogens is 2. The third kappa shape index (κ3) is 6.13. The molecule has 11 nitrogen and oxygen atoms in total. The second kappa shape index (κ2) is 12.5. The zero-order chi connectivity index (χ0) is 33.6. The summed E-state index contributed by atoms with van der Waals surface area (Å²) in [5, 5.41) is 2.87. The molecule has 0 saturated carbocycles. The highest BCUT2D eigenvalue weighted by atomic mass is 35.5. The molecule has 3 aliphatic rings. The molecule has 248 valence electrons. The molecule has 3 aromatic rings. The molecule has 3 saturated heterocycles. The Bertz CT molecular complexity index is 1720. The SMILES string of the molecule is CC[C@@H]1CN2C(=O)N(c3ccc(Cl)cc3C(F)(F)F)C[C@@H]2CN1c1ccc(-c2cccnc2OC)nc1C(=O)N[C@@H]1CC(=O)N(C)C1. The molecule has 0 aliphatic carbocycles. The molecular weight excluding hydrogens is 639 g/mol. The van der Waals surface area contributed by atoms with E-state index in [4.69, 9.17) is 21.3 Å². The van der Waals surface area contributed by atoms with E-state index in [2.05, 4.69) is 10.3 Å². The molecule has 3 aliphatic heterocycles. The summed E-state index contributed by atoms with van der Waals surface area (Å²) in [5.74, 6) is -0.230. The molecule has 4 amide bonds. The number of carbonyl (C=O) groups excluding carboxylic acids is 3. The number of likely N-dealkylation sites (N-methyl/N-ethyl adjacent to an activating group) is 1. The summed E-state index contributed by atoms with van der Waals surface area (Å²) >= 11 is 5.90. The molecule has 2 aromatic heterocycles. The maximum Gasteiger partial charge on any atom is 0.418 e. The van der Waals surface area contributed by atoms with Crippen LogP contribution in [0.5, 0.6) is 5.88 Å². The van der Waals surface area contributed by atoms with Crippen molar-refractivity contribution in [1.82, 2.24) is 25.1 Å². The van der Waals surface area contributed by atoms with E-state index in [9.17, 15) is 27.6 Å². The summed E-state index contributed by atoms with van der Waals surface area (Å²) in [4.78, 5) is 55.0. The molecule has 6 rings (SSSR count). The van der Waals surface area contributed by atoms with Gasteiger partial charge < -0.3 is 24.8 Å². The van der Waals surface area contributed by atoms with Crippen molar-refractivity contribution >= 4 is 40.8 Å². The Balaban J connectivity index is 1.36. The molecule has 0 radical (unpaired) electrons. The van der Waals surface area contributed by atoms with Gasteiger partial charge in [0.15, 0.2) is 5.69 Å². The van der Waals surface area contributed by atoms with E-state index < -0.39 is 35.8 Å². The van der Waals surface area contributed by atoms with E-state index in [1.807, 2.05) is 11.8 Å². The summed E-state index contributed by atoms with van der Waals surface area (Å²) in [6, 6.07) is 8.75. The first-order valence-electron chi connectivity index (χ1n) is 15.2. The van der Waals surface area contributed by atoms with Gasteiger partial charge in [-0.25, -0.2) is 14.8 Å². The van der Waals surface area contributed by atoms with Gasteiger partial charge in [-0.1, -0.05) is 18.5 Å². The van der Waals surface area contributed by atoms with Gasteiger partial charge in [-0.15, -0.1) is 0 Å². The lowest BCUT2D eigenvalue weighted by atomic mass is 10.0. The maximum atomic E-state index is 14.0. The molecule has 5 heterocycles. The monoisotopic (exact) mass is 671 g/mol. The number of amides is 4. The van der Waals surface area contributed by atoms with Crippen LogP contribution < -0.4 is 19.9 Å². The minimum Gasteiger partial charge on any atom is -0.481 e. The Labute approximate surface area is 274 Å². The lowest BCUT2D eigenvalue weighted by molar-refractivity contribution is -0.137. The summed E-state index contributed by atoms with van der Waals surface area (Å²) in [6.45, 7) is 2.79. The minimum absolute atomic E-state index is 0.00687. The average Bonchev–Trinajstić information content (AvgIpc) is 3.55. The van der Waals surface area contributed by atoms with Crippen molar-refractivity contribution in [2.24, 2.45) is 0 Å². The van der Waals surface area contributed by atoms with Crippen LogP contribution in [0.1, 0.15) is 35.8 Å². The average molecular weight is 672 g/mol. The van der Waals surface area contributed by atoms with E-state index in [0.29, 0.717) is 35.8 Å². The number of fused-ring (bicyclic) bond motifs is 1. The van der Waals surface area contributed by atoms with Crippen molar-refractivity contribution < 1.29 is 32.3 Å². The van der Waals surface area contributed by atoms with Gasteiger partial charge in [0.05, 0.1) is 47.4 Å². The number of ether oxygens (including phenoxy) is 1. The number of methoxy groups -OCH3 is 1. The molecule has 1 aromatic carbocycles. The van der Waals surface area contributed by atoms with Gasteiger partial charge in [0.1, 0.15) is 0 Å². The number of carbonyl (C=O) groups is 3. The molecule has 0 unspecified atom stereocenters. The van der Waals surface area contributed by atoms with Gasteiger partial charge in [-0.3, -0.25) is 14.5 Å². The lowest BCUT2D eigenvalue weighted by Gasteiger charge is -2.44. The van der Waals surface area contributed by atoms with Crippen LogP contribution in [0.2, 0.25) is 5.02 Å². The number of benzene rings is 1. The van der Waals surface area contributed by atoms with Gasteiger partial charge in [-0.2, -0.15) is 13.2 Å². The van der Waals surface area contributed by atoms with E-state index in [-0.39, 0.29) is 54.4 Å². The molecule has 15 heteroatoms. The van der Waals surface area contributed by atoms with Crippen LogP contribution in [0.25, 0.3) is 11.3 Å². The van der Waals surface area contributed by atoms with Crippen LogP contribution in [-0.2, 0) is 11.0 Å².